The lowest BCUT2D eigenvalue weighted by Crippen LogP contribution is -2.44. The van der Waals surface area contributed by atoms with Gasteiger partial charge in [0, 0.05) is 19.1 Å². The van der Waals surface area contributed by atoms with E-state index >= 15 is 0 Å². The molecule has 0 fully saturated rings. The Balaban J connectivity index is 2.27. The maximum atomic E-state index is 11.8. The fourth-order valence-electron chi connectivity index (χ4n) is 3.35. The molecule has 0 saturated heterocycles. The maximum absolute atomic E-state index is 11.8. The number of carbonyl (C=O) groups is 1. The standard InChI is InChI=1S/C23H31NO3/c1-18(2)14-21(22(25)15-23(26)27-3)24(16-19-10-6-4-7-11-19)17-20-12-8-5-9-13-20/h4-13,18,21-22,25H,14-17H2,1-3H3/t21-,22-/m0/s1. The van der Waals surface area contributed by atoms with Crippen LogP contribution in [0.25, 0.3) is 0 Å². The van der Waals surface area contributed by atoms with E-state index in [0.29, 0.717) is 19.0 Å². The molecule has 1 N–H and O–H groups in total. The van der Waals surface area contributed by atoms with E-state index in [1.807, 2.05) is 36.4 Å². The van der Waals surface area contributed by atoms with E-state index in [-0.39, 0.29) is 18.4 Å². The summed E-state index contributed by atoms with van der Waals surface area (Å²) in [4.78, 5) is 14.0. The van der Waals surface area contributed by atoms with E-state index in [2.05, 4.69) is 43.0 Å². The molecule has 0 unspecified atom stereocenters. The van der Waals surface area contributed by atoms with Gasteiger partial charge in [0.25, 0.3) is 0 Å². The summed E-state index contributed by atoms with van der Waals surface area (Å²) in [6.45, 7) is 5.71. The summed E-state index contributed by atoms with van der Waals surface area (Å²) in [5.41, 5.74) is 2.37. The van der Waals surface area contributed by atoms with Crippen molar-refractivity contribution in [1.29, 1.82) is 0 Å². The Morgan fingerprint density at radius 1 is 0.963 bits per heavy atom. The number of carbonyl (C=O) groups excluding carboxylic acids is 1. The molecule has 0 spiro atoms. The lowest BCUT2D eigenvalue weighted by Gasteiger charge is -2.36. The minimum absolute atomic E-state index is 0.00790. The zero-order valence-corrected chi connectivity index (χ0v) is 16.5. The van der Waals surface area contributed by atoms with Crippen LogP contribution in [0.15, 0.2) is 60.7 Å². The number of benzene rings is 2. The fraction of sp³-hybridized carbons (Fsp3) is 0.435. The Bertz CT molecular complexity index is 631. The van der Waals surface area contributed by atoms with Crippen LogP contribution in [0.3, 0.4) is 0 Å². The average molecular weight is 370 g/mol. The second kappa shape index (κ2) is 10.9. The van der Waals surface area contributed by atoms with Crippen LogP contribution in [-0.4, -0.2) is 35.2 Å². The van der Waals surface area contributed by atoms with Gasteiger partial charge in [0.1, 0.15) is 0 Å². The lowest BCUT2D eigenvalue weighted by molar-refractivity contribution is -0.144. The number of methoxy groups -OCH3 is 1. The molecule has 0 heterocycles. The number of aliphatic hydroxyl groups excluding tert-OH is 1. The van der Waals surface area contributed by atoms with Crippen LogP contribution in [-0.2, 0) is 22.6 Å². The van der Waals surface area contributed by atoms with E-state index in [0.717, 1.165) is 6.42 Å². The van der Waals surface area contributed by atoms with Crippen molar-refractivity contribution in [3.63, 3.8) is 0 Å². The van der Waals surface area contributed by atoms with Crippen LogP contribution in [0.2, 0.25) is 0 Å². The predicted molar refractivity (Wildman–Crippen MR) is 108 cm³/mol. The molecule has 0 aliphatic heterocycles. The number of aliphatic hydroxyl groups is 1. The van der Waals surface area contributed by atoms with Crippen LogP contribution < -0.4 is 0 Å². The van der Waals surface area contributed by atoms with Gasteiger partial charge in [-0.1, -0.05) is 74.5 Å². The maximum Gasteiger partial charge on any atom is 0.308 e. The molecule has 0 aliphatic rings. The molecule has 0 aliphatic carbocycles. The predicted octanol–water partition coefficient (Wildman–Crippen LogP) is 4.03. The average Bonchev–Trinajstić information content (AvgIpc) is 2.67. The Labute approximate surface area is 162 Å². The normalized spacial score (nSPS) is 13.6. The van der Waals surface area contributed by atoms with Gasteiger partial charge in [-0.15, -0.1) is 0 Å². The highest BCUT2D eigenvalue weighted by molar-refractivity contribution is 5.69. The van der Waals surface area contributed by atoms with Crippen molar-refractivity contribution in [3.8, 4) is 0 Å². The number of rotatable bonds is 10. The number of esters is 1. The molecular weight excluding hydrogens is 338 g/mol. The highest BCUT2D eigenvalue weighted by Gasteiger charge is 2.29. The summed E-state index contributed by atoms with van der Waals surface area (Å²) in [5.74, 6) is 0.0203. The minimum atomic E-state index is -0.771. The highest BCUT2D eigenvalue weighted by atomic mass is 16.5. The first-order chi connectivity index (χ1) is 13.0. The number of nitrogens with zero attached hydrogens (tertiary/aromatic N) is 1. The van der Waals surface area contributed by atoms with Crippen molar-refractivity contribution in [1.82, 2.24) is 4.90 Å². The summed E-state index contributed by atoms with van der Waals surface area (Å²) in [6, 6.07) is 20.4. The molecule has 2 rings (SSSR count). The molecular formula is C23H31NO3. The van der Waals surface area contributed by atoms with E-state index < -0.39 is 6.10 Å². The molecule has 4 nitrogen and oxygen atoms in total. The molecule has 0 radical (unpaired) electrons. The Morgan fingerprint density at radius 3 is 1.85 bits per heavy atom. The SMILES string of the molecule is COC(=O)C[C@H](O)[C@H](CC(C)C)N(Cc1ccccc1)Cc1ccccc1. The van der Waals surface area contributed by atoms with Crippen LogP contribution in [0, 0.1) is 5.92 Å². The van der Waals surface area contributed by atoms with Gasteiger partial charge >= 0.3 is 5.97 Å². The van der Waals surface area contributed by atoms with E-state index in [1.54, 1.807) is 0 Å². The second-order valence-electron chi connectivity index (χ2n) is 7.42. The van der Waals surface area contributed by atoms with Crippen LogP contribution >= 0.6 is 0 Å². The first kappa shape index (κ1) is 21.1. The van der Waals surface area contributed by atoms with E-state index in [4.69, 9.17) is 4.74 Å². The highest BCUT2D eigenvalue weighted by Crippen LogP contribution is 2.22. The smallest absolute Gasteiger partial charge is 0.308 e. The fourth-order valence-corrected chi connectivity index (χ4v) is 3.35. The van der Waals surface area contributed by atoms with Crippen LogP contribution in [0.1, 0.15) is 37.8 Å². The summed E-state index contributed by atoms with van der Waals surface area (Å²) in [5, 5.41) is 10.8. The van der Waals surface area contributed by atoms with Crippen molar-refractivity contribution >= 4 is 5.97 Å². The van der Waals surface area contributed by atoms with Gasteiger partial charge in [-0.3, -0.25) is 9.69 Å². The van der Waals surface area contributed by atoms with Crippen molar-refractivity contribution < 1.29 is 14.6 Å². The van der Waals surface area contributed by atoms with Gasteiger partial charge in [-0.2, -0.15) is 0 Å². The van der Waals surface area contributed by atoms with Crippen molar-refractivity contribution in [2.24, 2.45) is 5.92 Å². The Kier molecular flexibility index (Phi) is 8.49. The largest absolute Gasteiger partial charge is 0.469 e. The topological polar surface area (TPSA) is 49.8 Å². The molecule has 27 heavy (non-hydrogen) atoms. The van der Waals surface area contributed by atoms with E-state index in [9.17, 15) is 9.90 Å². The third-order valence-corrected chi connectivity index (χ3v) is 4.69. The monoisotopic (exact) mass is 369 g/mol. The molecule has 146 valence electrons. The van der Waals surface area contributed by atoms with E-state index in [1.165, 1.54) is 18.2 Å². The summed E-state index contributed by atoms with van der Waals surface area (Å²) in [7, 11) is 1.36. The summed E-state index contributed by atoms with van der Waals surface area (Å²) < 4.78 is 4.77. The molecule has 0 saturated carbocycles. The molecule has 2 aromatic rings. The number of hydrogen-bond acceptors (Lipinski definition) is 4. The van der Waals surface area contributed by atoms with Crippen molar-refractivity contribution in [2.75, 3.05) is 7.11 Å². The van der Waals surface area contributed by atoms with Gasteiger partial charge in [0.2, 0.25) is 0 Å². The van der Waals surface area contributed by atoms with Crippen LogP contribution in [0.4, 0.5) is 0 Å². The lowest BCUT2D eigenvalue weighted by atomic mass is 9.94. The molecule has 4 heteroatoms. The quantitative estimate of drug-likeness (QED) is 0.643. The number of ether oxygens (including phenoxy) is 1. The minimum Gasteiger partial charge on any atom is -0.469 e. The van der Waals surface area contributed by atoms with Gasteiger partial charge in [0.15, 0.2) is 0 Å². The first-order valence-electron chi connectivity index (χ1n) is 9.56. The molecule has 0 aromatic heterocycles. The zero-order chi connectivity index (χ0) is 19.6. The first-order valence-corrected chi connectivity index (χ1v) is 9.56. The molecule has 2 atom stereocenters. The summed E-state index contributed by atoms with van der Waals surface area (Å²) in [6.07, 6.45) is 0.0403. The van der Waals surface area contributed by atoms with Gasteiger partial charge in [-0.25, -0.2) is 0 Å². The van der Waals surface area contributed by atoms with Crippen molar-refractivity contribution in [3.05, 3.63) is 71.8 Å². The van der Waals surface area contributed by atoms with Gasteiger partial charge < -0.3 is 9.84 Å². The van der Waals surface area contributed by atoms with Crippen molar-refractivity contribution in [2.45, 2.75) is 51.9 Å². The molecule has 2 aromatic carbocycles. The van der Waals surface area contributed by atoms with Crippen LogP contribution in [0.5, 0.6) is 0 Å². The third kappa shape index (κ3) is 7.16. The zero-order valence-electron chi connectivity index (χ0n) is 16.5. The van der Waals surface area contributed by atoms with Gasteiger partial charge in [0.05, 0.1) is 19.6 Å². The molecule has 0 amide bonds. The molecule has 0 bridgehead atoms. The Hall–Kier alpha value is -2.17. The third-order valence-electron chi connectivity index (χ3n) is 4.69. The number of hydrogen-bond donors (Lipinski definition) is 1. The second-order valence-corrected chi connectivity index (χ2v) is 7.42. The summed E-state index contributed by atoms with van der Waals surface area (Å²) >= 11 is 0. The van der Waals surface area contributed by atoms with Gasteiger partial charge in [-0.05, 0) is 23.5 Å². The Morgan fingerprint density at radius 2 is 1.44 bits per heavy atom.